The van der Waals surface area contributed by atoms with Gasteiger partial charge in [0, 0.05) is 24.2 Å². The summed E-state index contributed by atoms with van der Waals surface area (Å²) in [5.41, 5.74) is 1.47. The van der Waals surface area contributed by atoms with Crippen molar-refractivity contribution in [3.63, 3.8) is 0 Å². The van der Waals surface area contributed by atoms with Gasteiger partial charge in [0.15, 0.2) is 0 Å². The summed E-state index contributed by atoms with van der Waals surface area (Å²) in [6.45, 7) is 2.59. The highest BCUT2D eigenvalue weighted by atomic mass is 16.3. The SMILES string of the molecule is Cc1occc1C(=O)Nc1cccc(C(=O)Nc2cnc3n2CCCC3)c1. The number of nitrogens with zero attached hydrogens (tertiary/aromatic N) is 2. The fourth-order valence-corrected chi connectivity index (χ4v) is 3.26. The monoisotopic (exact) mass is 364 g/mol. The highest BCUT2D eigenvalue weighted by molar-refractivity contribution is 6.07. The van der Waals surface area contributed by atoms with Crippen LogP contribution in [0.15, 0.2) is 47.2 Å². The van der Waals surface area contributed by atoms with E-state index in [-0.39, 0.29) is 11.8 Å². The summed E-state index contributed by atoms with van der Waals surface area (Å²) in [4.78, 5) is 29.3. The number of anilines is 2. The van der Waals surface area contributed by atoms with Crippen LogP contribution in [0.3, 0.4) is 0 Å². The second-order valence-electron chi connectivity index (χ2n) is 6.55. The van der Waals surface area contributed by atoms with Crippen LogP contribution in [0.2, 0.25) is 0 Å². The molecule has 1 aliphatic heterocycles. The minimum atomic E-state index is -0.274. The number of aromatic nitrogens is 2. The summed E-state index contributed by atoms with van der Waals surface area (Å²) in [6.07, 6.45) is 6.32. The van der Waals surface area contributed by atoms with Gasteiger partial charge in [-0.05, 0) is 44.0 Å². The molecule has 7 nitrogen and oxygen atoms in total. The van der Waals surface area contributed by atoms with Crippen molar-refractivity contribution in [2.45, 2.75) is 32.7 Å². The van der Waals surface area contributed by atoms with E-state index in [0.29, 0.717) is 28.4 Å². The van der Waals surface area contributed by atoms with Crippen molar-refractivity contribution in [1.29, 1.82) is 0 Å². The molecule has 0 radical (unpaired) electrons. The maximum absolute atomic E-state index is 12.6. The number of fused-ring (bicyclic) bond motifs is 1. The first-order chi connectivity index (χ1) is 13.1. The molecule has 0 fully saturated rings. The van der Waals surface area contributed by atoms with Gasteiger partial charge in [-0.1, -0.05) is 6.07 Å². The van der Waals surface area contributed by atoms with Crippen molar-refractivity contribution in [3.05, 3.63) is 65.5 Å². The molecule has 4 rings (SSSR count). The first-order valence-corrected chi connectivity index (χ1v) is 8.93. The van der Waals surface area contributed by atoms with E-state index < -0.39 is 0 Å². The summed E-state index contributed by atoms with van der Waals surface area (Å²) in [5.74, 6) is 1.75. The topological polar surface area (TPSA) is 89.2 Å². The van der Waals surface area contributed by atoms with E-state index in [0.717, 1.165) is 31.6 Å². The van der Waals surface area contributed by atoms with Crippen LogP contribution < -0.4 is 10.6 Å². The number of hydrogen-bond acceptors (Lipinski definition) is 4. The Morgan fingerprint density at radius 1 is 1.15 bits per heavy atom. The molecule has 7 heteroatoms. The molecule has 0 bridgehead atoms. The van der Waals surface area contributed by atoms with Gasteiger partial charge in [-0.25, -0.2) is 4.98 Å². The van der Waals surface area contributed by atoms with E-state index >= 15 is 0 Å². The summed E-state index contributed by atoms with van der Waals surface area (Å²) >= 11 is 0. The number of rotatable bonds is 4. The first kappa shape index (κ1) is 17.1. The lowest BCUT2D eigenvalue weighted by atomic mass is 10.1. The molecule has 0 aliphatic carbocycles. The van der Waals surface area contributed by atoms with Gasteiger partial charge < -0.3 is 19.6 Å². The Hall–Kier alpha value is -3.35. The number of benzene rings is 1. The van der Waals surface area contributed by atoms with Crippen molar-refractivity contribution in [2.24, 2.45) is 0 Å². The number of aryl methyl sites for hydroxylation is 2. The summed E-state index contributed by atoms with van der Waals surface area (Å²) in [7, 11) is 0. The van der Waals surface area contributed by atoms with Crippen LogP contribution in [0.25, 0.3) is 0 Å². The van der Waals surface area contributed by atoms with Crippen LogP contribution in [0.4, 0.5) is 11.5 Å². The van der Waals surface area contributed by atoms with Crippen LogP contribution in [0.5, 0.6) is 0 Å². The van der Waals surface area contributed by atoms with Gasteiger partial charge in [-0.3, -0.25) is 9.59 Å². The zero-order valence-electron chi connectivity index (χ0n) is 15.0. The summed E-state index contributed by atoms with van der Waals surface area (Å²) < 4.78 is 7.21. The van der Waals surface area contributed by atoms with Crippen molar-refractivity contribution >= 4 is 23.3 Å². The Balaban J connectivity index is 1.49. The van der Waals surface area contributed by atoms with Gasteiger partial charge in [-0.2, -0.15) is 0 Å². The molecular weight excluding hydrogens is 344 g/mol. The van der Waals surface area contributed by atoms with E-state index in [9.17, 15) is 9.59 Å². The van der Waals surface area contributed by atoms with Gasteiger partial charge in [0.05, 0.1) is 18.0 Å². The molecule has 138 valence electrons. The fraction of sp³-hybridized carbons (Fsp3) is 0.250. The fourth-order valence-electron chi connectivity index (χ4n) is 3.26. The van der Waals surface area contributed by atoms with Crippen molar-refractivity contribution in [3.8, 4) is 0 Å². The molecule has 2 aromatic heterocycles. The van der Waals surface area contributed by atoms with E-state index in [1.54, 1.807) is 43.5 Å². The maximum atomic E-state index is 12.6. The Morgan fingerprint density at radius 3 is 2.85 bits per heavy atom. The number of nitrogens with one attached hydrogen (secondary N) is 2. The minimum Gasteiger partial charge on any atom is -0.469 e. The number of amides is 2. The highest BCUT2D eigenvalue weighted by Gasteiger charge is 2.17. The molecule has 0 atom stereocenters. The Labute approximate surface area is 156 Å². The van der Waals surface area contributed by atoms with Crippen LogP contribution in [0, 0.1) is 6.92 Å². The molecule has 0 unspecified atom stereocenters. The molecule has 27 heavy (non-hydrogen) atoms. The average molecular weight is 364 g/mol. The van der Waals surface area contributed by atoms with Crippen LogP contribution in [-0.4, -0.2) is 21.4 Å². The largest absolute Gasteiger partial charge is 0.469 e. The van der Waals surface area contributed by atoms with E-state index in [2.05, 4.69) is 20.2 Å². The lowest BCUT2D eigenvalue weighted by molar-refractivity contribution is 0.101. The second-order valence-corrected chi connectivity index (χ2v) is 6.55. The van der Waals surface area contributed by atoms with Crippen LogP contribution in [-0.2, 0) is 13.0 Å². The Bertz CT molecular complexity index is 1000. The number of carbonyl (C=O) groups is 2. The second kappa shape index (κ2) is 7.11. The van der Waals surface area contributed by atoms with Crippen LogP contribution in [0.1, 0.15) is 45.1 Å². The van der Waals surface area contributed by atoms with Crippen molar-refractivity contribution in [1.82, 2.24) is 9.55 Å². The molecule has 3 aromatic rings. The van der Waals surface area contributed by atoms with Crippen molar-refractivity contribution in [2.75, 3.05) is 10.6 Å². The van der Waals surface area contributed by atoms with Gasteiger partial charge in [0.2, 0.25) is 0 Å². The third-order valence-electron chi connectivity index (χ3n) is 4.70. The average Bonchev–Trinajstić information content (AvgIpc) is 3.28. The minimum absolute atomic E-state index is 0.237. The third-order valence-corrected chi connectivity index (χ3v) is 4.70. The lowest BCUT2D eigenvalue weighted by Gasteiger charge is -2.16. The number of imidazole rings is 1. The molecule has 3 heterocycles. The van der Waals surface area contributed by atoms with Crippen molar-refractivity contribution < 1.29 is 14.0 Å². The van der Waals surface area contributed by atoms with Gasteiger partial charge in [0.1, 0.15) is 17.4 Å². The summed E-state index contributed by atoms with van der Waals surface area (Å²) in [6, 6.07) is 8.45. The van der Waals surface area contributed by atoms with E-state index in [4.69, 9.17) is 4.42 Å². The number of furan rings is 1. The van der Waals surface area contributed by atoms with Gasteiger partial charge in [-0.15, -0.1) is 0 Å². The Kier molecular flexibility index (Phi) is 4.50. The molecule has 2 amide bonds. The third kappa shape index (κ3) is 3.48. The zero-order chi connectivity index (χ0) is 18.8. The van der Waals surface area contributed by atoms with Gasteiger partial charge >= 0.3 is 0 Å². The molecule has 0 saturated carbocycles. The summed E-state index contributed by atoms with van der Waals surface area (Å²) in [5, 5.41) is 5.71. The van der Waals surface area contributed by atoms with E-state index in [1.165, 1.54) is 6.26 Å². The lowest BCUT2D eigenvalue weighted by Crippen LogP contribution is -2.18. The standard InChI is InChI=1S/C20H20N4O3/c1-13-16(8-10-27-13)20(26)22-15-6-4-5-14(11-15)19(25)23-18-12-21-17-7-2-3-9-24(17)18/h4-6,8,10-12H,2-3,7,9H2,1H3,(H,22,26)(H,23,25). The predicted octanol–water partition coefficient (Wildman–Crippen LogP) is 3.63. The number of hydrogen-bond donors (Lipinski definition) is 2. The quantitative estimate of drug-likeness (QED) is 0.740. The molecule has 0 spiro atoms. The van der Waals surface area contributed by atoms with E-state index in [1.807, 2.05) is 0 Å². The maximum Gasteiger partial charge on any atom is 0.259 e. The molecular formula is C20H20N4O3. The first-order valence-electron chi connectivity index (χ1n) is 8.93. The Morgan fingerprint density at radius 2 is 2.04 bits per heavy atom. The zero-order valence-corrected chi connectivity index (χ0v) is 15.0. The smallest absolute Gasteiger partial charge is 0.259 e. The van der Waals surface area contributed by atoms with Crippen LogP contribution >= 0.6 is 0 Å². The predicted molar refractivity (Wildman–Crippen MR) is 101 cm³/mol. The normalized spacial score (nSPS) is 13.1. The highest BCUT2D eigenvalue weighted by Crippen LogP contribution is 2.21. The number of carbonyl (C=O) groups excluding carboxylic acids is 2. The molecule has 0 saturated heterocycles. The van der Waals surface area contributed by atoms with Gasteiger partial charge in [0.25, 0.3) is 11.8 Å². The molecule has 1 aromatic carbocycles. The molecule has 2 N–H and O–H groups in total. The molecule has 1 aliphatic rings.